The van der Waals surface area contributed by atoms with Crippen LogP contribution in [0.4, 0.5) is 17.1 Å². The molecule has 3 aromatic carbocycles. The van der Waals surface area contributed by atoms with Crippen LogP contribution >= 0.6 is 15.9 Å². The summed E-state index contributed by atoms with van der Waals surface area (Å²) in [5.74, 6) is 0.602. The molecule has 1 heterocycles. The summed E-state index contributed by atoms with van der Waals surface area (Å²) in [6.45, 7) is 8.33. The molecule has 0 unspecified atom stereocenters. The molecule has 2 amide bonds. The highest BCUT2D eigenvalue weighted by Gasteiger charge is 2.25. The fraction of sp³-hybridized carbons (Fsp3) is 0.310. The third-order valence-corrected chi connectivity index (χ3v) is 7.16. The van der Waals surface area contributed by atoms with Crippen LogP contribution in [0.25, 0.3) is 0 Å². The summed E-state index contributed by atoms with van der Waals surface area (Å²) in [7, 11) is 1.69. The maximum Gasteiger partial charge on any atom is 0.256 e. The van der Waals surface area contributed by atoms with Gasteiger partial charge in [-0.15, -0.1) is 0 Å². The number of benzene rings is 3. The minimum absolute atomic E-state index is 0.0364. The van der Waals surface area contributed by atoms with Gasteiger partial charge < -0.3 is 24.8 Å². The first-order valence-electron chi connectivity index (χ1n) is 12.6. The Morgan fingerprint density at radius 3 is 2.22 bits per heavy atom. The number of rotatable bonds is 8. The predicted octanol–water partition coefficient (Wildman–Crippen LogP) is 5.52. The first kappa shape index (κ1) is 26.5. The van der Waals surface area contributed by atoms with Gasteiger partial charge in [0.1, 0.15) is 5.75 Å². The van der Waals surface area contributed by atoms with Crippen LogP contribution in [0, 0.1) is 0 Å². The highest BCUT2D eigenvalue weighted by molar-refractivity contribution is 9.10. The molecule has 8 heteroatoms. The third kappa shape index (κ3) is 6.07. The molecular formula is C29H33BrN4O3. The monoisotopic (exact) mass is 564 g/mol. The lowest BCUT2D eigenvalue weighted by Crippen LogP contribution is -2.47. The number of amides is 2. The molecule has 7 nitrogen and oxygen atoms in total. The lowest BCUT2D eigenvalue weighted by atomic mass is 10.1. The molecule has 0 spiro atoms. The van der Waals surface area contributed by atoms with Gasteiger partial charge in [-0.2, -0.15) is 0 Å². The number of carbonyl (C=O) groups is 2. The molecule has 0 radical (unpaired) electrons. The van der Waals surface area contributed by atoms with Crippen LogP contribution in [0.2, 0.25) is 0 Å². The standard InChI is InChI=1S/C29H33BrN4O3/c1-4-32(5-2)29(36)24-20-23(31-28(35)21-9-8-10-22(30)19-21)13-14-25(24)33-15-17-34(18-16-33)26-11-6-7-12-27(26)37-3/h6-14,19-20H,4-5,15-18H2,1-3H3,(H,31,35). The van der Waals surface area contributed by atoms with Gasteiger partial charge in [0.05, 0.1) is 18.4 Å². The van der Waals surface area contributed by atoms with Crippen molar-refractivity contribution < 1.29 is 14.3 Å². The van der Waals surface area contributed by atoms with Crippen LogP contribution in [0.15, 0.2) is 71.2 Å². The second-order valence-corrected chi connectivity index (χ2v) is 9.74. The normalized spacial score (nSPS) is 13.3. The van der Waals surface area contributed by atoms with Crippen molar-refractivity contribution in [3.8, 4) is 5.75 Å². The third-order valence-electron chi connectivity index (χ3n) is 6.67. The highest BCUT2D eigenvalue weighted by Crippen LogP contribution is 2.31. The molecule has 1 N–H and O–H groups in total. The summed E-state index contributed by atoms with van der Waals surface area (Å²) in [5.41, 5.74) is 3.70. The number of halogens is 1. The molecule has 1 aliphatic rings. The Bertz CT molecular complexity index is 1250. The van der Waals surface area contributed by atoms with E-state index in [9.17, 15) is 9.59 Å². The Morgan fingerprint density at radius 1 is 0.892 bits per heavy atom. The zero-order valence-corrected chi connectivity index (χ0v) is 23.1. The molecular weight excluding hydrogens is 532 g/mol. The van der Waals surface area contributed by atoms with E-state index in [2.05, 4.69) is 37.1 Å². The topological polar surface area (TPSA) is 65.1 Å². The van der Waals surface area contributed by atoms with E-state index in [4.69, 9.17) is 4.74 Å². The van der Waals surface area contributed by atoms with Gasteiger partial charge in [0.25, 0.3) is 11.8 Å². The Balaban J connectivity index is 1.58. The van der Waals surface area contributed by atoms with Crippen LogP contribution in [0.5, 0.6) is 5.75 Å². The number of hydrogen-bond acceptors (Lipinski definition) is 5. The Hall–Kier alpha value is -3.52. The number of nitrogens with one attached hydrogen (secondary N) is 1. The predicted molar refractivity (Wildman–Crippen MR) is 153 cm³/mol. The Kier molecular flexibility index (Phi) is 8.71. The van der Waals surface area contributed by atoms with Crippen LogP contribution in [0.3, 0.4) is 0 Å². The van der Waals surface area contributed by atoms with Crippen molar-refractivity contribution in [1.29, 1.82) is 0 Å². The molecule has 1 aliphatic heterocycles. The van der Waals surface area contributed by atoms with Gasteiger partial charge >= 0.3 is 0 Å². The number of nitrogens with zero attached hydrogens (tertiary/aromatic N) is 3. The molecule has 37 heavy (non-hydrogen) atoms. The summed E-state index contributed by atoms with van der Waals surface area (Å²) in [6.07, 6.45) is 0. The van der Waals surface area contributed by atoms with Gasteiger partial charge in [0, 0.05) is 60.7 Å². The van der Waals surface area contributed by atoms with E-state index >= 15 is 0 Å². The number of hydrogen-bond donors (Lipinski definition) is 1. The van der Waals surface area contributed by atoms with E-state index in [-0.39, 0.29) is 11.8 Å². The van der Waals surface area contributed by atoms with Gasteiger partial charge in [-0.25, -0.2) is 0 Å². The molecule has 1 saturated heterocycles. The zero-order valence-electron chi connectivity index (χ0n) is 21.5. The van der Waals surface area contributed by atoms with Crippen molar-refractivity contribution in [2.24, 2.45) is 0 Å². The van der Waals surface area contributed by atoms with Crippen LogP contribution < -0.4 is 19.9 Å². The average molecular weight is 566 g/mol. The fourth-order valence-corrected chi connectivity index (χ4v) is 5.05. The lowest BCUT2D eigenvalue weighted by molar-refractivity contribution is 0.0773. The number of piperazine rings is 1. The Morgan fingerprint density at radius 2 is 1.57 bits per heavy atom. The van der Waals surface area contributed by atoms with Crippen LogP contribution in [-0.2, 0) is 0 Å². The molecule has 0 bridgehead atoms. The number of anilines is 3. The van der Waals surface area contributed by atoms with Crippen molar-refractivity contribution >= 4 is 44.8 Å². The van der Waals surface area contributed by atoms with Crippen molar-refractivity contribution in [3.63, 3.8) is 0 Å². The number of methoxy groups -OCH3 is 1. The quantitative estimate of drug-likeness (QED) is 0.390. The molecule has 0 saturated carbocycles. The number of ether oxygens (including phenoxy) is 1. The highest BCUT2D eigenvalue weighted by atomic mass is 79.9. The molecule has 0 aromatic heterocycles. The largest absolute Gasteiger partial charge is 0.495 e. The van der Waals surface area contributed by atoms with Gasteiger partial charge in [-0.3, -0.25) is 9.59 Å². The van der Waals surface area contributed by atoms with Crippen molar-refractivity contribution in [3.05, 3.63) is 82.3 Å². The van der Waals surface area contributed by atoms with Gasteiger partial charge in [-0.05, 0) is 62.4 Å². The van der Waals surface area contributed by atoms with E-state index in [1.165, 1.54) is 0 Å². The summed E-state index contributed by atoms with van der Waals surface area (Å²) >= 11 is 3.41. The zero-order chi connectivity index (χ0) is 26.4. The smallest absolute Gasteiger partial charge is 0.256 e. The Labute approximate surface area is 227 Å². The summed E-state index contributed by atoms with van der Waals surface area (Å²) in [5, 5.41) is 2.96. The molecule has 0 aliphatic carbocycles. The minimum Gasteiger partial charge on any atom is -0.495 e. The van der Waals surface area contributed by atoms with E-state index < -0.39 is 0 Å². The van der Waals surface area contributed by atoms with Gasteiger partial charge in [-0.1, -0.05) is 34.1 Å². The maximum atomic E-state index is 13.5. The first-order valence-corrected chi connectivity index (χ1v) is 13.4. The van der Waals surface area contributed by atoms with Crippen molar-refractivity contribution in [2.75, 3.05) is 61.5 Å². The van der Waals surface area contributed by atoms with Crippen molar-refractivity contribution in [1.82, 2.24) is 4.90 Å². The van der Waals surface area contributed by atoms with Crippen LogP contribution in [0.1, 0.15) is 34.6 Å². The second-order valence-electron chi connectivity index (χ2n) is 8.82. The molecule has 194 valence electrons. The molecule has 3 aromatic rings. The average Bonchev–Trinajstić information content (AvgIpc) is 2.93. The maximum absolute atomic E-state index is 13.5. The molecule has 0 atom stereocenters. The van der Waals surface area contributed by atoms with Gasteiger partial charge in [0.2, 0.25) is 0 Å². The number of carbonyl (C=O) groups excluding carboxylic acids is 2. The molecule has 4 rings (SSSR count). The van der Waals surface area contributed by atoms with Crippen LogP contribution in [-0.4, -0.2) is 63.1 Å². The fourth-order valence-electron chi connectivity index (χ4n) is 4.65. The van der Waals surface area contributed by atoms with E-state index in [0.29, 0.717) is 29.9 Å². The van der Waals surface area contributed by atoms with E-state index in [0.717, 1.165) is 47.8 Å². The van der Waals surface area contributed by atoms with E-state index in [1.54, 1.807) is 25.3 Å². The van der Waals surface area contributed by atoms with Gasteiger partial charge in [0.15, 0.2) is 0 Å². The first-order chi connectivity index (χ1) is 17.9. The summed E-state index contributed by atoms with van der Waals surface area (Å²) in [4.78, 5) is 32.8. The second kappa shape index (κ2) is 12.1. The lowest BCUT2D eigenvalue weighted by Gasteiger charge is -2.38. The number of para-hydroxylation sites is 2. The summed E-state index contributed by atoms with van der Waals surface area (Å²) in [6, 6.07) is 20.9. The minimum atomic E-state index is -0.222. The summed E-state index contributed by atoms with van der Waals surface area (Å²) < 4.78 is 6.39. The van der Waals surface area contributed by atoms with E-state index in [1.807, 2.05) is 61.2 Å². The molecule has 1 fully saturated rings. The SMILES string of the molecule is CCN(CC)C(=O)c1cc(NC(=O)c2cccc(Br)c2)ccc1N1CCN(c2ccccc2OC)CC1. The van der Waals surface area contributed by atoms with Crippen molar-refractivity contribution in [2.45, 2.75) is 13.8 Å².